The van der Waals surface area contributed by atoms with Gasteiger partial charge < -0.3 is 10.6 Å². The smallest absolute Gasteiger partial charge is 0.227 e. The molecule has 2 atom stereocenters. The lowest BCUT2D eigenvalue weighted by atomic mass is 9.84. The molecular formula is C12H21N3O. The summed E-state index contributed by atoms with van der Waals surface area (Å²) in [5, 5.41) is 8.54. The van der Waals surface area contributed by atoms with Crippen molar-refractivity contribution in [1.82, 2.24) is 4.90 Å². The Morgan fingerprint density at radius 2 is 2.19 bits per heavy atom. The average molecular weight is 223 g/mol. The Morgan fingerprint density at radius 3 is 2.75 bits per heavy atom. The van der Waals surface area contributed by atoms with Crippen molar-refractivity contribution < 1.29 is 4.79 Å². The van der Waals surface area contributed by atoms with E-state index in [2.05, 4.69) is 6.07 Å². The van der Waals surface area contributed by atoms with Crippen LogP contribution in [0.3, 0.4) is 0 Å². The van der Waals surface area contributed by atoms with E-state index < -0.39 is 0 Å². The predicted octanol–water partition coefficient (Wildman–Crippen LogP) is 1.27. The van der Waals surface area contributed by atoms with Gasteiger partial charge in [0, 0.05) is 19.1 Å². The molecule has 0 aliphatic heterocycles. The first-order chi connectivity index (χ1) is 7.70. The first-order valence-corrected chi connectivity index (χ1v) is 6.12. The van der Waals surface area contributed by atoms with Crippen molar-refractivity contribution in [3.8, 4) is 6.07 Å². The zero-order valence-electron chi connectivity index (χ0n) is 9.98. The molecule has 0 radical (unpaired) electrons. The Morgan fingerprint density at radius 1 is 1.50 bits per heavy atom. The highest BCUT2D eigenvalue weighted by Gasteiger charge is 2.30. The topological polar surface area (TPSA) is 70.1 Å². The zero-order chi connectivity index (χ0) is 12.0. The SMILES string of the molecule is CCN(CCC#N)C(=O)C1CCCCC1N. The molecule has 1 fully saturated rings. The van der Waals surface area contributed by atoms with Crippen LogP contribution < -0.4 is 5.73 Å². The van der Waals surface area contributed by atoms with Gasteiger partial charge in [-0.15, -0.1) is 0 Å². The molecule has 0 bridgehead atoms. The van der Waals surface area contributed by atoms with Crippen LogP contribution in [0, 0.1) is 17.2 Å². The molecule has 2 unspecified atom stereocenters. The van der Waals surface area contributed by atoms with Gasteiger partial charge in [-0.05, 0) is 19.8 Å². The Hall–Kier alpha value is -1.08. The van der Waals surface area contributed by atoms with E-state index in [1.54, 1.807) is 4.90 Å². The molecule has 0 aromatic rings. The second-order valence-electron chi connectivity index (χ2n) is 4.38. The van der Waals surface area contributed by atoms with Crippen LogP contribution in [0.2, 0.25) is 0 Å². The molecule has 0 aromatic carbocycles. The molecule has 1 rings (SSSR count). The Labute approximate surface area is 97.4 Å². The third kappa shape index (κ3) is 3.21. The van der Waals surface area contributed by atoms with E-state index in [-0.39, 0.29) is 17.9 Å². The van der Waals surface area contributed by atoms with Crippen LogP contribution in [0.15, 0.2) is 0 Å². The van der Waals surface area contributed by atoms with Gasteiger partial charge in [0.2, 0.25) is 5.91 Å². The summed E-state index contributed by atoms with van der Waals surface area (Å²) in [5.74, 6) is 0.123. The molecule has 1 aliphatic rings. The summed E-state index contributed by atoms with van der Waals surface area (Å²) in [6.45, 7) is 3.16. The van der Waals surface area contributed by atoms with Crippen molar-refractivity contribution in [2.24, 2.45) is 11.7 Å². The number of carbonyl (C=O) groups is 1. The third-order valence-corrected chi connectivity index (χ3v) is 3.32. The molecule has 0 heterocycles. The van der Waals surface area contributed by atoms with E-state index >= 15 is 0 Å². The van der Waals surface area contributed by atoms with Crippen LogP contribution in [0.1, 0.15) is 39.0 Å². The first-order valence-electron chi connectivity index (χ1n) is 6.12. The van der Waals surface area contributed by atoms with Gasteiger partial charge in [-0.3, -0.25) is 4.79 Å². The lowest BCUT2D eigenvalue weighted by Crippen LogP contribution is -2.45. The van der Waals surface area contributed by atoms with Gasteiger partial charge in [-0.1, -0.05) is 12.8 Å². The molecule has 90 valence electrons. The minimum atomic E-state index is -0.0209. The number of amides is 1. The third-order valence-electron chi connectivity index (χ3n) is 3.32. The minimum Gasteiger partial charge on any atom is -0.342 e. The molecule has 4 nitrogen and oxygen atoms in total. The molecule has 0 spiro atoms. The molecule has 1 amide bonds. The number of nitriles is 1. The van der Waals surface area contributed by atoms with Crippen LogP contribution in [-0.4, -0.2) is 29.9 Å². The Kier molecular flexibility index (Phi) is 5.27. The summed E-state index contributed by atoms with van der Waals surface area (Å²) >= 11 is 0. The highest BCUT2D eigenvalue weighted by molar-refractivity contribution is 5.79. The molecule has 1 saturated carbocycles. The lowest BCUT2D eigenvalue weighted by Gasteiger charge is -2.32. The number of rotatable bonds is 4. The van der Waals surface area contributed by atoms with Crippen molar-refractivity contribution in [2.75, 3.05) is 13.1 Å². The maximum absolute atomic E-state index is 12.2. The summed E-state index contributed by atoms with van der Waals surface area (Å²) in [7, 11) is 0. The van der Waals surface area contributed by atoms with Crippen LogP contribution >= 0.6 is 0 Å². The summed E-state index contributed by atoms with van der Waals surface area (Å²) in [5.41, 5.74) is 5.99. The van der Waals surface area contributed by atoms with Gasteiger partial charge >= 0.3 is 0 Å². The van der Waals surface area contributed by atoms with Gasteiger partial charge in [0.25, 0.3) is 0 Å². The number of hydrogen-bond donors (Lipinski definition) is 1. The molecule has 2 N–H and O–H groups in total. The van der Waals surface area contributed by atoms with E-state index in [1.165, 1.54) is 0 Å². The summed E-state index contributed by atoms with van der Waals surface area (Å²) in [6.07, 6.45) is 4.49. The van der Waals surface area contributed by atoms with Gasteiger partial charge in [-0.25, -0.2) is 0 Å². The van der Waals surface area contributed by atoms with Gasteiger partial charge in [0.1, 0.15) is 0 Å². The Balaban J connectivity index is 2.55. The standard InChI is InChI=1S/C12H21N3O/c1-2-15(9-5-8-13)12(16)10-6-3-4-7-11(10)14/h10-11H,2-7,9,14H2,1H3. The number of carbonyl (C=O) groups excluding carboxylic acids is 1. The number of nitrogens with zero attached hydrogens (tertiary/aromatic N) is 2. The van der Waals surface area contributed by atoms with Crippen LogP contribution in [-0.2, 0) is 4.79 Å². The fraction of sp³-hybridized carbons (Fsp3) is 0.833. The van der Waals surface area contributed by atoms with Gasteiger partial charge in [-0.2, -0.15) is 5.26 Å². The second-order valence-corrected chi connectivity index (χ2v) is 4.38. The van der Waals surface area contributed by atoms with E-state index in [1.807, 2.05) is 6.92 Å². The van der Waals surface area contributed by atoms with Gasteiger partial charge in [0.05, 0.1) is 18.4 Å². The summed E-state index contributed by atoms with van der Waals surface area (Å²) < 4.78 is 0. The maximum atomic E-state index is 12.2. The molecule has 1 aliphatic carbocycles. The molecule has 4 heteroatoms. The Bertz CT molecular complexity index is 272. The predicted molar refractivity (Wildman–Crippen MR) is 62.4 cm³/mol. The highest BCUT2D eigenvalue weighted by atomic mass is 16.2. The molecule has 0 aromatic heterocycles. The van der Waals surface area contributed by atoms with E-state index in [9.17, 15) is 4.79 Å². The highest BCUT2D eigenvalue weighted by Crippen LogP contribution is 2.24. The maximum Gasteiger partial charge on any atom is 0.227 e. The second kappa shape index (κ2) is 6.49. The summed E-state index contributed by atoms with van der Waals surface area (Å²) in [6, 6.07) is 2.09. The minimum absolute atomic E-state index is 0.0115. The van der Waals surface area contributed by atoms with Crippen LogP contribution in [0.5, 0.6) is 0 Å². The van der Waals surface area contributed by atoms with Gasteiger partial charge in [0.15, 0.2) is 0 Å². The van der Waals surface area contributed by atoms with E-state index in [4.69, 9.17) is 11.0 Å². The van der Waals surface area contributed by atoms with Crippen molar-refractivity contribution >= 4 is 5.91 Å². The average Bonchev–Trinajstić information content (AvgIpc) is 2.30. The fourth-order valence-corrected chi connectivity index (χ4v) is 2.31. The number of nitrogens with two attached hydrogens (primary N) is 1. The largest absolute Gasteiger partial charge is 0.342 e. The van der Waals surface area contributed by atoms with E-state index in [0.717, 1.165) is 25.7 Å². The normalized spacial score (nSPS) is 24.8. The monoisotopic (exact) mass is 223 g/mol. The summed E-state index contributed by atoms with van der Waals surface area (Å²) in [4.78, 5) is 13.9. The van der Waals surface area contributed by atoms with Crippen LogP contribution in [0.4, 0.5) is 0 Å². The van der Waals surface area contributed by atoms with Crippen molar-refractivity contribution in [3.05, 3.63) is 0 Å². The molecular weight excluding hydrogens is 202 g/mol. The number of hydrogen-bond acceptors (Lipinski definition) is 3. The molecule has 0 saturated heterocycles. The lowest BCUT2D eigenvalue weighted by molar-refractivity contribution is -0.136. The first kappa shape index (κ1) is 13.0. The van der Waals surface area contributed by atoms with Crippen molar-refractivity contribution in [1.29, 1.82) is 5.26 Å². The fourth-order valence-electron chi connectivity index (χ4n) is 2.31. The van der Waals surface area contributed by atoms with E-state index in [0.29, 0.717) is 19.5 Å². The van der Waals surface area contributed by atoms with Crippen molar-refractivity contribution in [2.45, 2.75) is 45.1 Å². The zero-order valence-corrected chi connectivity index (χ0v) is 9.98. The quantitative estimate of drug-likeness (QED) is 0.780. The van der Waals surface area contributed by atoms with Crippen LogP contribution in [0.25, 0.3) is 0 Å². The van der Waals surface area contributed by atoms with Crippen molar-refractivity contribution in [3.63, 3.8) is 0 Å². The molecule has 16 heavy (non-hydrogen) atoms.